The number of hydrogen-bond donors (Lipinski definition) is 1. The minimum Gasteiger partial charge on any atom is -0.324 e. The number of nitrogens with two attached hydrogens (primary N) is 1. The Labute approximate surface area is 125 Å². The average Bonchev–Trinajstić information content (AvgIpc) is 2.91. The molecule has 1 atom stereocenters. The summed E-state index contributed by atoms with van der Waals surface area (Å²) in [6.45, 7) is 8.15. The molecule has 21 heavy (non-hydrogen) atoms. The van der Waals surface area contributed by atoms with Gasteiger partial charge in [-0.1, -0.05) is 29.3 Å². The molecule has 0 saturated carbocycles. The molecule has 0 amide bonds. The molecule has 1 unspecified atom stereocenters. The number of hydrogen-bond acceptors (Lipinski definition) is 4. The van der Waals surface area contributed by atoms with E-state index >= 15 is 0 Å². The van der Waals surface area contributed by atoms with E-state index in [9.17, 15) is 0 Å². The molecule has 0 radical (unpaired) electrons. The topological polar surface area (TPSA) is 60.0 Å². The lowest BCUT2D eigenvalue weighted by atomic mass is 9.99. The van der Waals surface area contributed by atoms with Crippen LogP contribution in [0.5, 0.6) is 0 Å². The van der Waals surface area contributed by atoms with Crippen LogP contribution in [0.4, 0.5) is 0 Å². The SMILES string of the molecule is Cc1cc(C)cc(C(N)CCN2CCn3cnnc3C2)c1. The standard InChI is InChI=1S/C16H23N5/c1-12-7-13(2)9-14(8-12)15(17)3-4-20-5-6-21-11-18-19-16(21)10-20/h7-9,11,15H,3-6,10,17H2,1-2H3. The fraction of sp³-hybridized carbons (Fsp3) is 0.500. The van der Waals surface area contributed by atoms with Gasteiger partial charge in [0, 0.05) is 25.7 Å². The van der Waals surface area contributed by atoms with Gasteiger partial charge < -0.3 is 10.3 Å². The minimum absolute atomic E-state index is 0.100. The van der Waals surface area contributed by atoms with E-state index in [1.165, 1.54) is 16.7 Å². The Bertz CT molecular complexity index is 599. The second-order valence-corrected chi connectivity index (χ2v) is 6.03. The van der Waals surface area contributed by atoms with Crippen LogP contribution in [-0.2, 0) is 13.1 Å². The first kappa shape index (κ1) is 14.2. The number of aryl methyl sites for hydroxylation is 2. The van der Waals surface area contributed by atoms with Crippen LogP contribution in [0.3, 0.4) is 0 Å². The maximum absolute atomic E-state index is 6.36. The highest BCUT2D eigenvalue weighted by molar-refractivity contribution is 5.30. The van der Waals surface area contributed by atoms with E-state index in [2.05, 4.69) is 51.7 Å². The van der Waals surface area contributed by atoms with Gasteiger partial charge in [0.2, 0.25) is 0 Å². The summed E-state index contributed by atoms with van der Waals surface area (Å²) in [7, 11) is 0. The molecule has 2 N–H and O–H groups in total. The first-order valence-corrected chi connectivity index (χ1v) is 7.54. The first-order valence-electron chi connectivity index (χ1n) is 7.54. The molecule has 2 aromatic rings. The molecule has 0 saturated heterocycles. The monoisotopic (exact) mass is 285 g/mol. The van der Waals surface area contributed by atoms with Crippen molar-refractivity contribution in [2.45, 2.75) is 39.4 Å². The number of aromatic nitrogens is 3. The summed E-state index contributed by atoms with van der Waals surface area (Å²) in [6.07, 6.45) is 2.78. The van der Waals surface area contributed by atoms with E-state index in [1.54, 1.807) is 0 Å². The van der Waals surface area contributed by atoms with Gasteiger partial charge in [-0.3, -0.25) is 4.90 Å². The molecule has 1 aromatic heterocycles. The predicted octanol–water partition coefficient (Wildman–Crippen LogP) is 1.80. The van der Waals surface area contributed by atoms with Gasteiger partial charge in [0.15, 0.2) is 0 Å². The van der Waals surface area contributed by atoms with Gasteiger partial charge in [-0.05, 0) is 25.8 Å². The Morgan fingerprint density at radius 1 is 1.19 bits per heavy atom. The van der Waals surface area contributed by atoms with Crippen LogP contribution in [-0.4, -0.2) is 32.8 Å². The Kier molecular flexibility index (Phi) is 4.03. The van der Waals surface area contributed by atoms with Crippen molar-refractivity contribution in [2.24, 2.45) is 5.73 Å². The van der Waals surface area contributed by atoms with Crippen molar-refractivity contribution in [1.29, 1.82) is 0 Å². The van der Waals surface area contributed by atoms with Crippen molar-refractivity contribution in [2.75, 3.05) is 13.1 Å². The predicted molar refractivity (Wildman–Crippen MR) is 82.8 cm³/mol. The van der Waals surface area contributed by atoms with Crippen molar-refractivity contribution in [3.63, 3.8) is 0 Å². The van der Waals surface area contributed by atoms with Crippen molar-refractivity contribution >= 4 is 0 Å². The quantitative estimate of drug-likeness (QED) is 0.930. The molecular weight excluding hydrogens is 262 g/mol. The molecule has 0 bridgehead atoms. The van der Waals surface area contributed by atoms with Crippen LogP contribution in [0.15, 0.2) is 24.5 Å². The Morgan fingerprint density at radius 3 is 2.71 bits per heavy atom. The molecule has 0 spiro atoms. The second kappa shape index (κ2) is 5.95. The molecule has 1 aliphatic heterocycles. The lowest BCUT2D eigenvalue weighted by molar-refractivity contribution is 0.210. The van der Waals surface area contributed by atoms with Crippen molar-refractivity contribution in [3.05, 3.63) is 47.0 Å². The average molecular weight is 285 g/mol. The molecule has 1 aromatic carbocycles. The number of fused-ring (bicyclic) bond motifs is 1. The lowest BCUT2D eigenvalue weighted by Crippen LogP contribution is -2.35. The van der Waals surface area contributed by atoms with E-state index in [-0.39, 0.29) is 6.04 Å². The van der Waals surface area contributed by atoms with Crippen LogP contribution in [0.25, 0.3) is 0 Å². The van der Waals surface area contributed by atoms with Crippen LogP contribution in [0, 0.1) is 13.8 Å². The summed E-state index contributed by atoms with van der Waals surface area (Å²) in [4.78, 5) is 2.41. The summed E-state index contributed by atoms with van der Waals surface area (Å²) in [5.74, 6) is 1.06. The van der Waals surface area contributed by atoms with Gasteiger partial charge in [0.05, 0.1) is 6.54 Å². The van der Waals surface area contributed by atoms with Crippen LogP contribution in [0.2, 0.25) is 0 Å². The summed E-state index contributed by atoms with van der Waals surface area (Å²) >= 11 is 0. The van der Waals surface area contributed by atoms with Crippen molar-refractivity contribution < 1.29 is 0 Å². The Hall–Kier alpha value is -1.72. The second-order valence-electron chi connectivity index (χ2n) is 6.03. The molecule has 2 heterocycles. The van der Waals surface area contributed by atoms with Gasteiger partial charge in [-0.25, -0.2) is 0 Å². The molecule has 5 nitrogen and oxygen atoms in total. The summed E-state index contributed by atoms with van der Waals surface area (Å²) in [6, 6.07) is 6.69. The van der Waals surface area contributed by atoms with E-state index in [0.717, 1.165) is 38.4 Å². The zero-order valence-corrected chi connectivity index (χ0v) is 12.8. The van der Waals surface area contributed by atoms with Gasteiger partial charge >= 0.3 is 0 Å². The normalized spacial score (nSPS) is 16.7. The van der Waals surface area contributed by atoms with E-state index < -0.39 is 0 Å². The van der Waals surface area contributed by atoms with Gasteiger partial charge in [0.25, 0.3) is 0 Å². The molecule has 1 aliphatic rings. The van der Waals surface area contributed by atoms with Crippen LogP contribution < -0.4 is 5.73 Å². The van der Waals surface area contributed by atoms with Gasteiger partial charge in [-0.2, -0.15) is 0 Å². The highest BCUT2D eigenvalue weighted by atomic mass is 15.3. The fourth-order valence-corrected chi connectivity index (χ4v) is 3.02. The first-order chi connectivity index (χ1) is 10.1. The van der Waals surface area contributed by atoms with Crippen LogP contribution in [0.1, 0.15) is 35.0 Å². The van der Waals surface area contributed by atoms with Gasteiger partial charge in [-0.15, -0.1) is 10.2 Å². The summed E-state index contributed by atoms with van der Waals surface area (Å²) in [5.41, 5.74) is 10.2. The molecule has 3 rings (SSSR count). The minimum atomic E-state index is 0.100. The molecular formula is C16H23N5. The Morgan fingerprint density at radius 2 is 1.95 bits per heavy atom. The molecule has 5 heteroatoms. The zero-order chi connectivity index (χ0) is 14.8. The number of nitrogens with zero attached hydrogens (tertiary/aromatic N) is 4. The smallest absolute Gasteiger partial charge is 0.147 e. The Balaban J connectivity index is 1.58. The fourth-order valence-electron chi connectivity index (χ4n) is 3.02. The highest BCUT2D eigenvalue weighted by Gasteiger charge is 2.18. The number of benzene rings is 1. The third kappa shape index (κ3) is 3.31. The maximum Gasteiger partial charge on any atom is 0.147 e. The summed E-state index contributed by atoms with van der Waals surface area (Å²) in [5, 5.41) is 8.12. The molecule has 112 valence electrons. The van der Waals surface area contributed by atoms with Gasteiger partial charge in [0.1, 0.15) is 12.2 Å². The van der Waals surface area contributed by atoms with E-state index in [0.29, 0.717) is 0 Å². The van der Waals surface area contributed by atoms with Crippen LogP contribution >= 0.6 is 0 Å². The largest absolute Gasteiger partial charge is 0.324 e. The zero-order valence-electron chi connectivity index (χ0n) is 12.8. The number of rotatable bonds is 4. The lowest BCUT2D eigenvalue weighted by Gasteiger charge is -2.28. The highest BCUT2D eigenvalue weighted by Crippen LogP contribution is 2.19. The molecule has 0 fully saturated rings. The summed E-state index contributed by atoms with van der Waals surface area (Å²) < 4.78 is 2.13. The van der Waals surface area contributed by atoms with Crippen molar-refractivity contribution in [3.8, 4) is 0 Å². The van der Waals surface area contributed by atoms with E-state index in [4.69, 9.17) is 5.73 Å². The molecule has 0 aliphatic carbocycles. The van der Waals surface area contributed by atoms with E-state index in [1.807, 2.05) is 6.33 Å². The third-order valence-corrected chi connectivity index (χ3v) is 4.15. The van der Waals surface area contributed by atoms with Crippen molar-refractivity contribution in [1.82, 2.24) is 19.7 Å². The third-order valence-electron chi connectivity index (χ3n) is 4.15. The maximum atomic E-state index is 6.36.